The van der Waals surface area contributed by atoms with Crippen LogP contribution in [0.2, 0.25) is 0 Å². The third-order valence-electron chi connectivity index (χ3n) is 4.01. The van der Waals surface area contributed by atoms with Gasteiger partial charge in [0.1, 0.15) is 0 Å². The van der Waals surface area contributed by atoms with Crippen LogP contribution in [0.3, 0.4) is 0 Å². The van der Waals surface area contributed by atoms with Crippen LogP contribution in [0.25, 0.3) is 0 Å². The second kappa shape index (κ2) is 7.13. The fourth-order valence-corrected chi connectivity index (χ4v) is 2.54. The van der Waals surface area contributed by atoms with Gasteiger partial charge in [0.25, 0.3) is 5.91 Å². The highest BCUT2D eigenvalue weighted by Crippen LogP contribution is 2.14. The number of carbonyl (C=O) groups excluding carboxylic acids is 2. The van der Waals surface area contributed by atoms with Crippen LogP contribution in [0.5, 0.6) is 0 Å². The summed E-state index contributed by atoms with van der Waals surface area (Å²) >= 11 is 0. The Kier molecular flexibility index (Phi) is 5.21. The summed E-state index contributed by atoms with van der Waals surface area (Å²) < 4.78 is 2.15. The van der Waals surface area contributed by atoms with Crippen molar-refractivity contribution in [1.29, 1.82) is 0 Å². The van der Waals surface area contributed by atoms with Crippen molar-refractivity contribution >= 4 is 17.5 Å². The molecule has 122 valence electrons. The molecule has 0 bridgehead atoms. The van der Waals surface area contributed by atoms with Gasteiger partial charge in [0.15, 0.2) is 0 Å². The molecule has 0 aliphatic rings. The SMILES string of the molecule is CC(=O)Nc1cccc(C(=O)NCCc2cc(C)n(C)c2C)c1. The number of benzene rings is 1. The van der Waals surface area contributed by atoms with E-state index in [-0.39, 0.29) is 11.8 Å². The summed E-state index contributed by atoms with van der Waals surface area (Å²) in [5.74, 6) is -0.292. The maximum atomic E-state index is 12.2. The maximum absolute atomic E-state index is 12.2. The van der Waals surface area contributed by atoms with Crippen LogP contribution >= 0.6 is 0 Å². The van der Waals surface area contributed by atoms with Crippen LogP contribution in [-0.4, -0.2) is 22.9 Å². The zero-order valence-electron chi connectivity index (χ0n) is 14.1. The molecule has 2 amide bonds. The Labute approximate surface area is 136 Å². The molecule has 2 N–H and O–H groups in total. The Morgan fingerprint density at radius 2 is 1.91 bits per heavy atom. The Hall–Kier alpha value is -2.56. The highest BCUT2D eigenvalue weighted by Gasteiger charge is 2.09. The van der Waals surface area contributed by atoms with E-state index in [9.17, 15) is 9.59 Å². The van der Waals surface area contributed by atoms with Crippen LogP contribution in [-0.2, 0) is 18.3 Å². The zero-order chi connectivity index (χ0) is 17.0. The molecule has 0 fully saturated rings. The van der Waals surface area contributed by atoms with Crippen molar-refractivity contribution in [3.8, 4) is 0 Å². The number of anilines is 1. The summed E-state index contributed by atoms with van der Waals surface area (Å²) in [4.78, 5) is 23.3. The Balaban J connectivity index is 1.94. The zero-order valence-corrected chi connectivity index (χ0v) is 14.1. The van der Waals surface area contributed by atoms with E-state index < -0.39 is 0 Å². The number of nitrogens with one attached hydrogen (secondary N) is 2. The van der Waals surface area contributed by atoms with Crippen molar-refractivity contribution in [2.75, 3.05) is 11.9 Å². The second-order valence-electron chi connectivity index (χ2n) is 5.72. The normalized spacial score (nSPS) is 10.4. The lowest BCUT2D eigenvalue weighted by atomic mass is 10.1. The first-order valence-corrected chi connectivity index (χ1v) is 7.66. The van der Waals surface area contributed by atoms with Crippen molar-refractivity contribution in [1.82, 2.24) is 9.88 Å². The summed E-state index contributed by atoms with van der Waals surface area (Å²) in [6, 6.07) is 9.07. The predicted molar refractivity (Wildman–Crippen MR) is 91.7 cm³/mol. The first kappa shape index (κ1) is 16.8. The van der Waals surface area contributed by atoms with Crippen molar-refractivity contribution < 1.29 is 9.59 Å². The number of hydrogen-bond acceptors (Lipinski definition) is 2. The molecule has 0 saturated carbocycles. The molecule has 2 aromatic rings. The molecular weight excluding hydrogens is 290 g/mol. The largest absolute Gasteiger partial charge is 0.352 e. The molecule has 23 heavy (non-hydrogen) atoms. The Morgan fingerprint density at radius 1 is 1.17 bits per heavy atom. The van der Waals surface area contributed by atoms with Gasteiger partial charge in [0.05, 0.1) is 0 Å². The standard InChI is InChI=1S/C18H23N3O2/c1-12-10-15(13(2)21(12)4)8-9-19-18(23)16-6-5-7-17(11-16)20-14(3)22/h5-7,10-11H,8-9H2,1-4H3,(H,19,23)(H,20,22). The smallest absolute Gasteiger partial charge is 0.251 e. The van der Waals surface area contributed by atoms with Gasteiger partial charge in [-0.15, -0.1) is 0 Å². The van der Waals surface area contributed by atoms with E-state index in [1.807, 2.05) is 7.05 Å². The first-order chi connectivity index (χ1) is 10.9. The van der Waals surface area contributed by atoms with E-state index in [4.69, 9.17) is 0 Å². The van der Waals surface area contributed by atoms with Gasteiger partial charge in [-0.3, -0.25) is 9.59 Å². The fraction of sp³-hybridized carbons (Fsp3) is 0.333. The molecule has 1 aromatic carbocycles. The third kappa shape index (κ3) is 4.22. The van der Waals surface area contributed by atoms with Crippen molar-refractivity contribution in [3.63, 3.8) is 0 Å². The highest BCUT2D eigenvalue weighted by atomic mass is 16.2. The molecule has 0 saturated heterocycles. The van der Waals surface area contributed by atoms with Gasteiger partial charge >= 0.3 is 0 Å². The van der Waals surface area contributed by atoms with Gasteiger partial charge in [-0.1, -0.05) is 6.07 Å². The van der Waals surface area contributed by atoms with Crippen LogP contribution in [0, 0.1) is 13.8 Å². The minimum absolute atomic E-state index is 0.137. The average molecular weight is 313 g/mol. The number of aryl methyl sites for hydroxylation is 1. The maximum Gasteiger partial charge on any atom is 0.251 e. The van der Waals surface area contributed by atoms with E-state index in [0.29, 0.717) is 17.8 Å². The van der Waals surface area contributed by atoms with Gasteiger partial charge < -0.3 is 15.2 Å². The number of amides is 2. The molecule has 0 aliphatic heterocycles. The lowest BCUT2D eigenvalue weighted by molar-refractivity contribution is -0.114. The second-order valence-corrected chi connectivity index (χ2v) is 5.72. The van der Waals surface area contributed by atoms with Gasteiger partial charge in [-0.05, 0) is 50.1 Å². The molecule has 0 atom stereocenters. The van der Waals surface area contributed by atoms with Crippen molar-refractivity contribution in [3.05, 3.63) is 52.8 Å². The Morgan fingerprint density at radius 3 is 2.52 bits per heavy atom. The number of nitrogens with zero attached hydrogens (tertiary/aromatic N) is 1. The number of aromatic nitrogens is 1. The molecule has 0 radical (unpaired) electrons. The van der Waals surface area contributed by atoms with E-state index >= 15 is 0 Å². The summed E-state index contributed by atoms with van der Waals surface area (Å²) in [5.41, 5.74) is 4.85. The third-order valence-corrected chi connectivity index (χ3v) is 4.01. The molecule has 1 heterocycles. The number of rotatable bonds is 5. The number of hydrogen-bond donors (Lipinski definition) is 2. The van der Waals surface area contributed by atoms with Crippen LogP contribution in [0.15, 0.2) is 30.3 Å². The molecule has 1 aromatic heterocycles. The lowest BCUT2D eigenvalue weighted by Gasteiger charge is -2.08. The molecule has 0 spiro atoms. The minimum atomic E-state index is -0.155. The summed E-state index contributed by atoms with van der Waals surface area (Å²) in [6.07, 6.45) is 0.796. The van der Waals surface area contributed by atoms with Gasteiger partial charge in [0.2, 0.25) is 5.91 Å². The number of carbonyl (C=O) groups is 2. The van der Waals surface area contributed by atoms with Crippen LogP contribution in [0.4, 0.5) is 5.69 Å². The highest BCUT2D eigenvalue weighted by molar-refractivity contribution is 5.96. The molecule has 0 unspecified atom stereocenters. The minimum Gasteiger partial charge on any atom is -0.352 e. The van der Waals surface area contributed by atoms with Gasteiger partial charge in [-0.25, -0.2) is 0 Å². The molecule has 5 heteroatoms. The van der Waals surface area contributed by atoms with Gasteiger partial charge in [0, 0.05) is 43.2 Å². The van der Waals surface area contributed by atoms with Crippen molar-refractivity contribution in [2.24, 2.45) is 7.05 Å². The van der Waals surface area contributed by atoms with E-state index in [0.717, 1.165) is 6.42 Å². The summed E-state index contributed by atoms with van der Waals surface area (Å²) in [6.45, 7) is 6.17. The first-order valence-electron chi connectivity index (χ1n) is 7.66. The molecule has 0 aliphatic carbocycles. The monoisotopic (exact) mass is 313 g/mol. The van der Waals surface area contributed by atoms with E-state index in [2.05, 4.69) is 35.1 Å². The molecule has 5 nitrogen and oxygen atoms in total. The van der Waals surface area contributed by atoms with Crippen LogP contribution in [0.1, 0.15) is 34.2 Å². The fourth-order valence-electron chi connectivity index (χ4n) is 2.54. The molecule has 2 rings (SSSR count). The average Bonchev–Trinajstić information content (AvgIpc) is 2.74. The summed E-state index contributed by atoms with van der Waals surface area (Å²) in [7, 11) is 2.04. The quantitative estimate of drug-likeness (QED) is 0.891. The van der Waals surface area contributed by atoms with E-state index in [1.165, 1.54) is 23.9 Å². The topological polar surface area (TPSA) is 63.1 Å². The Bertz CT molecular complexity index is 732. The van der Waals surface area contributed by atoms with Gasteiger partial charge in [-0.2, -0.15) is 0 Å². The van der Waals surface area contributed by atoms with Crippen molar-refractivity contribution in [2.45, 2.75) is 27.2 Å². The molecular formula is C18H23N3O2. The lowest BCUT2D eigenvalue weighted by Crippen LogP contribution is -2.25. The summed E-state index contributed by atoms with van der Waals surface area (Å²) in [5, 5.41) is 5.60. The predicted octanol–water partition coefficient (Wildman–Crippen LogP) is 2.57. The van der Waals surface area contributed by atoms with Crippen LogP contribution < -0.4 is 10.6 Å². The van der Waals surface area contributed by atoms with E-state index in [1.54, 1.807) is 24.3 Å².